The zero-order valence-corrected chi connectivity index (χ0v) is 14.0. The Morgan fingerprint density at radius 1 is 1.29 bits per heavy atom. The molecule has 1 aliphatic heterocycles. The second-order valence-corrected chi connectivity index (χ2v) is 5.87. The number of carbonyl (C=O) groups is 1. The van der Waals surface area contributed by atoms with Gasteiger partial charge in [-0.25, -0.2) is 9.78 Å². The molecule has 3 heterocycles. The van der Waals surface area contributed by atoms with Gasteiger partial charge in [-0.05, 0) is 31.7 Å². The number of rotatable bonds is 5. The number of aromatic nitrogens is 3. The Kier molecular flexibility index (Phi) is 4.95. The maximum atomic E-state index is 12.1. The van der Waals surface area contributed by atoms with Gasteiger partial charge in [-0.15, -0.1) is 0 Å². The molecule has 2 amide bonds. The number of fused-ring (bicyclic) bond motifs is 1. The van der Waals surface area contributed by atoms with Crippen molar-refractivity contribution in [2.24, 2.45) is 0 Å². The van der Waals surface area contributed by atoms with Crippen LogP contribution in [0.4, 0.5) is 16.4 Å². The van der Waals surface area contributed by atoms with E-state index in [1.807, 2.05) is 29.8 Å². The Bertz CT molecular complexity index is 712. The van der Waals surface area contributed by atoms with Gasteiger partial charge in [0.2, 0.25) is 0 Å². The van der Waals surface area contributed by atoms with Crippen molar-refractivity contribution in [2.75, 3.05) is 30.8 Å². The Balaban J connectivity index is 1.53. The number of hydrogen-bond donors (Lipinski definition) is 3. The number of likely N-dealkylation sites (N-methyl/N-ethyl adjacent to an activating group) is 1. The van der Waals surface area contributed by atoms with E-state index in [-0.39, 0.29) is 6.03 Å². The first-order chi connectivity index (χ1) is 11.6. The first kappa shape index (κ1) is 16.3. The predicted molar refractivity (Wildman–Crippen MR) is 92.8 cm³/mol. The number of hydrogen-bond acceptors (Lipinski definition) is 5. The van der Waals surface area contributed by atoms with Crippen molar-refractivity contribution in [3.63, 3.8) is 0 Å². The zero-order valence-electron chi connectivity index (χ0n) is 14.0. The molecule has 0 atom stereocenters. The first-order valence-electron chi connectivity index (χ1n) is 8.13. The van der Waals surface area contributed by atoms with Gasteiger partial charge in [-0.1, -0.05) is 0 Å². The van der Waals surface area contributed by atoms with Crippen LogP contribution in [0.1, 0.15) is 18.2 Å². The van der Waals surface area contributed by atoms with E-state index in [1.54, 1.807) is 6.20 Å². The van der Waals surface area contributed by atoms with Gasteiger partial charge in [-0.2, -0.15) is 5.10 Å². The van der Waals surface area contributed by atoms with Crippen LogP contribution in [0.15, 0.2) is 24.4 Å². The topological polar surface area (TPSA) is 87.1 Å². The number of pyridine rings is 1. The second kappa shape index (κ2) is 7.31. The smallest absolute Gasteiger partial charge is 0.320 e. The van der Waals surface area contributed by atoms with E-state index in [1.165, 1.54) is 0 Å². The summed E-state index contributed by atoms with van der Waals surface area (Å²) in [6.07, 6.45) is 1.73. The molecule has 0 saturated heterocycles. The van der Waals surface area contributed by atoms with Crippen molar-refractivity contribution in [1.29, 1.82) is 0 Å². The van der Waals surface area contributed by atoms with Crippen molar-refractivity contribution in [3.05, 3.63) is 35.7 Å². The summed E-state index contributed by atoms with van der Waals surface area (Å²) in [5.41, 5.74) is 2.10. The maximum Gasteiger partial charge on any atom is 0.320 e. The van der Waals surface area contributed by atoms with E-state index in [4.69, 9.17) is 0 Å². The van der Waals surface area contributed by atoms with Crippen molar-refractivity contribution >= 4 is 17.7 Å². The Morgan fingerprint density at radius 3 is 3.00 bits per heavy atom. The lowest BCUT2D eigenvalue weighted by Crippen LogP contribution is -2.30. The van der Waals surface area contributed by atoms with Crippen molar-refractivity contribution in [3.8, 4) is 0 Å². The second-order valence-electron chi connectivity index (χ2n) is 5.87. The van der Waals surface area contributed by atoms with Crippen molar-refractivity contribution in [1.82, 2.24) is 25.0 Å². The lowest BCUT2D eigenvalue weighted by Gasteiger charge is -2.22. The van der Waals surface area contributed by atoms with Crippen LogP contribution in [0.2, 0.25) is 0 Å². The fourth-order valence-corrected chi connectivity index (χ4v) is 2.66. The molecule has 0 aliphatic carbocycles. The molecule has 24 heavy (non-hydrogen) atoms. The summed E-state index contributed by atoms with van der Waals surface area (Å²) in [7, 11) is 2.08. The number of nitrogens with zero attached hydrogens (tertiary/aromatic N) is 4. The van der Waals surface area contributed by atoms with E-state index in [0.717, 1.165) is 43.3 Å². The van der Waals surface area contributed by atoms with Gasteiger partial charge in [0.05, 0.1) is 12.2 Å². The Morgan fingerprint density at radius 2 is 2.17 bits per heavy atom. The molecule has 0 aromatic carbocycles. The third kappa shape index (κ3) is 4.02. The van der Waals surface area contributed by atoms with Gasteiger partial charge >= 0.3 is 6.03 Å². The first-order valence-corrected chi connectivity index (χ1v) is 8.13. The zero-order chi connectivity index (χ0) is 16.9. The van der Waals surface area contributed by atoms with E-state index >= 15 is 0 Å². The van der Waals surface area contributed by atoms with Crippen LogP contribution >= 0.6 is 0 Å². The molecule has 3 N–H and O–H groups in total. The standard InChI is InChI=1S/C16H23N7O/c1-3-17-14-8-12(4-5-18-14)10-19-16(24)20-15-9-13-11-22(2)6-7-23(13)21-15/h4-5,8-9H,3,6-7,10-11H2,1-2H3,(H,17,18)(H2,19,20,21,24). The minimum absolute atomic E-state index is 0.263. The largest absolute Gasteiger partial charge is 0.370 e. The quantitative estimate of drug-likeness (QED) is 0.773. The highest BCUT2D eigenvalue weighted by Gasteiger charge is 2.16. The van der Waals surface area contributed by atoms with E-state index in [0.29, 0.717) is 12.4 Å². The lowest BCUT2D eigenvalue weighted by molar-refractivity contribution is 0.251. The third-order valence-electron chi connectivity index (χ3n) is 3.87. The van der Waals surface area contributed by atoms with Crippen molar-refractivity contribution < 1.29 is 4.79 Å². The molecule has 0 fully saturated rings. The SMILES string of the molecule is CCNc1cc(CNC(=O)Nc2cc3n(n2)CCN(C)C3)ccn1. The fourth-order valence-electron chi connectivity index (χ4n) is 2.66. The summed E-state index contributed by atoms with van der Waals surface area (Å²) < 4.78 is 1.95. The van der Waals surface area contributed by atoms with Gasteiger partial charge in [0, 0.05) is 38.4 Å². The summed E-state index contributed by atoms with van der Waals surface area (Å²) in [5.74, 6) is 1.39. The van der Waals surface area contributed by atoms with Crippen LogP contribution in [0.3, 0.4) is 0 Å². The number of urea groups is 1. The van der Waals surface area contributed by atoms with Gasteiger partial charge in [-0.3, -0.25) is 14.9 Å². The average Bonchev–Trinajstić information content (AvgIpc) is 2.95. The van der Waals surface area contributed by atoms with E-state index in [2.05, 4.69) is 38.0 Å². The molecule has 0 bridgehead atoms. The molecule has 0 saturated carbocycles. The van der Waals surface area contributed by atoms with Gasteiger partial charge in [0.25, 0.3) is 0 Å². The van der Waals surface area contributed by atoms with Crippen LogP contribution in [-0.2, 0) is 19.6 Å². The minimum atomic E-state index is -0.263. The average molecular weight is 329 g/mol. The molecular formula is C16H23N7O. The number of carbonyl (C=O) groups excluding carboxylic acids is 1. The highest BCUT2D eigenvalue weighted by atomic mass is 16.2. The Labute approximate surface area is 141 Å². The molecule has 8 heteroatoms. The Hall–Kier alpha value is -2.61. The maximum absolute atomic E-state index is 12.1. The van der Waals surface area contributed by atoms with Crippen LogP contribution < -0.4 is 16.0 Å². The number of nitrogens with one attached hydrogen (secondary N) is 3. The highest BCUT2D eigenvalue weighted by Crippen LogP contribution is 2.15. The molecule has 1 aliphatic rings. The van der Waals surface area contributed by atoms with Gasteiger partial charge in [0.15, 0.2) is 5.82 Å². The number of anilines is 2. The molecule has 0 spiro atoms. The van der Waals surface area contributed by atoms with E-state index < -0.39 is 0 Å². The molecule has 0 unspecified atom stereocenters. The van der Waals surface area contributed by atoms with Crippen LogP contribution in [-0.4, -0.2) is 45.8 Å². The summed E-state index contributed by atoms with van der Waals surface area (Å²) in [4.78, 5) is 18.5. The summed E-state index contributed by atoms with van der Waals surface area (Å²) >= 11 is 0. The molecular weight excluding hydrogens is 306 g/mol. The summed E-state index contributed by atoms with van der Waals surface area (Å²) in [5, 5.41) is 13.2. The molecule has 0 radical (unpaired) electrons. The molecule has 3 rings (SSSR count). The summed E-state index contributed by atoms with van der Waals surface area (Å²) in [6, 6.07) is 5.47. The summed E-state index contributed by atoms with van der Waals surface area (Å²) in [6.45, 7) is 5.92. The van der Waals surface area contributed by atoms with Gasteiger partial charge in [0.1, 0.15) is 5.82 Å². The molecule has 128 valence electrons. The predicted octanol–water partition coefficient (Wildman–Crippen LogP) is 1.48. The normalized spacial score (nSPS) is 14.1. The van der Waals surface area contributed by atoms with Crippen LogP contribution in [0.5, 0.6) is 0 Å². The highest BCUT2D eigenvalue weighted by molar-refractivity contribution is 5.88. The van der Waals surface area contributed by atoms with Gasteiger partial charge < -0.3 is 10.6 Å². The minimum Gasteiger partial charge on any atom is -0.370 e. The third-order valence-corrected chi connectivity index (χ3v) is 3.87. The molecule has 8 nitrogen and oxygen atoms in total. The lowest BCUT2D eigenvalue weighted by atomic mass is 10.2. The molecule has 2 aromatic heterocycles. The number of amides is 2. The van der Waals surface area contributed by atoms with E-state index in [9.17, 15) is 4.79 Å². The molecule has 2 aromatic rings. The monoisotopic (exact) mass is 329 g/mol. The van der Waals surface area contributed by atoms with Crippen molar-refractivity contribution in [2.45, 2.75) is 26.6 Å². The van der Waals surface area contributed by atoms with Crippen LogP contribution in [0.25, 0.3) is 0 Å². The fraction of sp³-hybridized carbons (Fsp3) is 0.438. The van der Waals surface area contributed by atoms with Crippen LogP contribution in [0, 0.1) is 0 Å².